The van der Waals surface area contributed by atoms with Crippen molar-refractivity contribution in [1.29, 1.82) is 0 Å². The van der Waals surface area contributed by atoms with Gasteiger partial charge in [0, 0.05) is 6.54 Å². The van der Waals surface area contributed by atoms with Gasteiger partial charge in [-0.15, -0.1) is 0 Å². The number of rotatable bonds is 5. The van der Waals surface area contributed by atoms with Gasteiger partial charge in [0.1, 0.15) is 5.82 Å². The van der Waals surface area contributed by atoms with Crippen LogP contribution < -0.4 is 11.1 Å². The van der Waals surface area contributed by atoms with E-state index in [1.165, 1.54) is 5.56 Å². The van der Waals surface area contributed by atoms with Gasteiger partial charge in [-0.2, -0.15) is 0 Å². The maximum Gasteiger partial charge on any atom is 0.128 e. The van der Waals surface area contributed by atoms with Gasteiger partial charge in [0.15, 0.2) is 0 Å². The van der Waals surface area contributed by atoms with Crippen LogP contribution in [0.25, 0.3) is 0 Å². The van der Waals surface area contributed by atoms with Gasteiger partial charge in [-0.1, -0.05) is 37.3 Å². The molecule has 0 aliphatic carbocycles. The number of nitrogens with zero attached hydrogens (tertiary/aromatic N) is 1. The molecule has 19 heavy (non-hydrogen) atoms. The number of aryl methyl sites for hydroxylation is 1. The highest BCUT2D eigenvalue weighted by Gasteiger charge is 2.05. The summed E-state index contributed by atoms with van der Waals surface area (Å²) in [6.45, 7) is 5.18. The van der Waals surface area contributed by atoms with Crippen molar-refractivity contribution in [3.8, 4) is 0 Å². The van der Waals surface area contributed by atoms with Gasteiger partial charge in [0.2, 0.25) is 0 Å². The molecule has 0 spiro atoms. The van der Waals surface area contributed by atoms with Gasteiger partial charge < -0.3 is 11.1 Å². The highest BCUT2D eigenvalue weighted by atomic mass is 15.0. The normalized spacial score (nSPS) is 12.1. The molecule has 3 N–H and O–H groups in total. The molecule has 0 bridgehead atoms. The third kappa shape index (κ3) is 3.71. The maximum absolute atomic E-state index is 5.69. The zero-order chi connectivity index (χ0) is 13.7. The summed E-state index contributed by atoms with van der Waals surface area (Å²) in [4.78, 5) is 4.31. The summed E-state index contributed by atoms with van der Waals surface area (Å²) < 4.78 is 0. The Bertz CT molecular complexity index is 523. The summed E-state index contributed by atoms with van der Waals surface area (Å²) in [7, 11) is 0. The predicted molar refractivity (Wildman–Crippen MR) is 81.4 cm³/mol. The zero-order valence-electron chi connectivity index (χ0n) is 11.6. The highest BCUT2D eigenvalue weighted by Crippen LogP contribution is 2.19. The topological polar surface area (TPSA) is 50.9 Å². The summed E-state index contributed by atoms with van der Waals surface area (Å²) >= 11 is 0. The van der Waals surface area contributed by atoms with Crippen LogP contribution in [0.5, 0.6) is 0 Å². The summed E-state index contributed by atoms with van der Waals surface area (Å²) in [5.41, 5.74) is 8.87. The van der Waals surface area contributed by atoms with Crippen molar-refractivity contribution >= 4 is 11.5 Å². The fourth-order valence-electron chi connectivity index (χ4n) is 2.14. The van der Waals surface area contributed by atoms with Crippen LogP contribution in [-0.4, -0.2) is 11.5 Å². The number of nitrogens with two attached hydrogens (primary N) is 1. The molecule has 1 aromatic carbocycles. The molecule has 0 saturated carbocycles. The van der Waals surface area contributed by atoms with Gasteiger partial charge >= 0.3 is 0 Å². The molecule has 0 aliphatic rings. The smallest absolute Gasteiger partial charge is 0.128 e. The van der Waals surface area contributed by atoms with Crippen molar-refractivity contribution in [1.82, 2.24) is 4.98 Å². The van der Waals surface area contributed by atoms with Crippen LogP contribution in [0.3, 0.4) is 0 Å². The quantitative estimate of drug-likeness (QED) is 0.858. The van der Waals surface area contributed by atoms with E-state index in [2.05, 4.69) is 47.6 Å². The zero-order valence-corrected chi connectivity index (χ0v) is 11.6. The van der Waals surface area contributed by atoms with Gasteiger partial charge in [0.25, 0.3) is 0 Å². The molecule has 2 aromatic rings. The molecule has 1 aromatic heterocycles. The fraction of sp³-hybridized carbons (Fsp3) is 0.312. The largest absolute Gasteiger partial charge is 0.397 e. The van der Waals surface area contributed by atoms with E-state index < -0.39 is 0 Å². The number of nitrogen functional groups attached to an aromatic ring is 1. The minimum Gasteiger partial charge on any atom is -0.397 e. The number of nitrogens with one attached hydrogen (secondary N) is 1. The first-order valence-electron chi connectivity index (χ1n) is 6.68. The van der Waals surface area contributed by atoms with Crippen LogP contribution in [0.1, 0.15) is 30.4 Å². The van der Waals surface area contributed by atoms with Gasteiger partial charge in [0.05, 0.1) is 11.9 Å². The Labute approximate surface area is 114 Å². The molecule has 3 nitrogen and oxygen atoms in total. The molecular weight excluding hydrogens is 234 g/mol. The first-order valence-corrected chi connectivity index (χ1v) is 6.68. The van der Waals surface area contributed by atoms with E-state index in [0.29, 0.717) is 11.6 Å². The van der Waals surface area contributed by atoms with Gasteiger partial charge in [-0.3, -0.25) is 0 Å². The second-order valence-corrected chi connectivity index (χ2v) is 4.96. The monoisotopic (exact) mass is 255 g/mol. The van der Waals surface area contributed by atoms with Crippen molar-refractivity contribution in [2.24, 2.45) is 0 Å². The molecule has 100 valence electrons. The minimum atomic E-state index is 0.544. The summed E-state index contributed by atoms with van der Waals surface area (Å²) in [5.74, 6) is 1.47. The van der Waals surface area contributed by atoms with Crippen LogP contribution in [0.4, 0.5) is 11.5 Å². The molecule has 0 aliphatic heterocycles. The van der Waals surface area contributed by atoms with Crippen LogP contribution in [0.2, 0.25) is 0 Å². The van der Waals surface area contributed by atoms with Crippen LogP contribution in [0.15, 0.2) is 42.6 Å². The van der Waals surface area contributed by atoms with Gasteiger partial charge in [-0.05, 0) is 36.5 Å². The first-order chi connectivity index (χ1) is 9.16. The Morgan fingerprint density at radius 3 is 2.68 bits per heavy atom. The number of aromatic nitrogens is 1. The third-order valence-electron chi connectivity index (χ3n) is 3.34. The Kier molecular flexibility index (Phi) is 4.39. The Morgan fingerprint density at radius 2 is 2.00 bits per heavy atom. The Balaban J connectivity index is 1.86. The number of pyridine rings is 1. The average molecular weight is 255 g/mol. The predicted octanol–water partition coefficient (Wildman–Crippen LogP) is 3.58. The van der Waals surface area contributed by atoms with Crippen LogP contribution in [-0.2, 0) is 0 Å². The lowest BCUT2D eigenvalue weighted by atomic mass is 9.98. The second-order valence-electron chi connectivity index (χ2n) is 4.96. The molecule has 2 rings (SSSR count). The highest BCUT2D eigenvalue weighted by molar-refractivity contribution is 5.50. The molecule has 1 unspecified atom stereocenters. The van der Waals surface area contributed by atoms with Crippen LogP contribution in [0, 0.1) is 6.92 Å². The third-order valence-corrected chi connectivity index (χ3v) is 3.34. The summed E-state index contributed by atoms with van der Waals surface area (Å²) in [6, 6.07) is 12.5. The number of anilines is 2. The lowest BCUT2D eigenvalue weighted by molar-refractivity contribution is 0.704. The van der Waals surface area contributed by atoms with Crippen molar-refractivity contribution in [3.63, 3.8) is 0 Å². The van der Waals surface area contributed by atoms with Crippen molar-refractivity contribution < 1.29 is 0 Å². The molecule has 0 amide bonds. The molecular formula is C16H21N3. The summed E-state index contributed by atoms with van der Waals surface area (Å²) in [6.07, 6.45) is 2.77. The minimum absolute atomic E-state index is 0.544. The van der Waals surface area contributed by atoms with E-state index in [9.17, 15) is 0 Å². The van der Waals surface area contributed by atoms with E-state index in [0.717, 1.165) is 24.3 Å². The molecule has 0 saturated heterocycles. The molecule has 1 atom stereocenters. The molecule has 0 radical (unpaired) electrons. The van der Waals surface area contributed by atoms with E-state index in [-0.39, 0.29) is 0 Å². The molecule has 3 heteroatoms. The van der Waals surface area contributed by atoms with Crippen molar-refractivity contribution in [2.45, 2.75) is 26.2 Å². The van der Waals surface area contributed by atoms with E-state index in [4.69, 9.17) is 5.73 Å². The molecule has 1 heterocycles. The fourth-order valence-corrected chi connectivity index (χ4v) is 2.14. The second kappa shape index (κ2) is 6.23. The van der Waals surface area contributed by atoms with Crippen molar-refractivity contribution in [3.05, 3.63) is 53.7 Å². The lowest BCUT2D eigenvalue weighted by Crippen LogP contribution is -2.08. The van der Waals surface area contributed by atoms with E-state index >= 15 is 0 Å². The standard InChI is InChI=1S/C16H21N3/c1-12(14-6-4-3-5-7-14)8-9-18-16-13(2)10-15(17)11-19-16/h3-7,10-12H,8-9,17H2,1-2H3,(H,18,19). The molecule has 0 fully saturated rings. The average Bonchev–Trinajstić information content (AvgIpc) is 2.42. The first kappa shape index (κ1) is 13.4. The number of hydrogen-bond donors (Lipinski definition) is 2. The van der Waals surface area contributed by atoms with E-state index in [1.54, 1.807) is 6.20 Å². The Hall–Kier alpha value is -2.03. The Morgan fingerprint density at radius 1 is 1.26 bits per heavy atom. The number of hydrogen-bond acceptors (Lipinski definition) is 3. The SMILES string of the molecule is Cc1cc(N)cnc1NCCC(C)c1ccccc1. The maximum atomic E-state index is 5.69. The van der Waals surface area contributed by atoms with Crippen molar-refractivity contribution in [2.75, 3.05) is 17.6 Å². The lowest BCUT2D eigenvalue weighted by Gasteiger charge is -2.13. The van der Waals surface area contributed by atoms with Crippen LogP contribution >= 0.6 is 0 Å². The van der Waals surface area contributed by atoms with Gasteiger partial charge in [-0.25, -0.2) is 4.98 Å². The number of benzene rings is 1. The summed E-state index contributed by atoms with van der Waals surface area (Å²) in [5, 5.41) is 3.37. The van der Waals surface area contributed by atoms with E-state index in [1.807, 2.05) is 13.0 Å².